The Kier molecular flexibility index (Phi) is 9.39. The van der Waals surface area contributed by atoms with Crippen LogP contribution >= 0.6 is 24.0 Å². The van der Waals surface area contributed by atoms with Crippen molar-refractivity contribution in [2.75, 3.05) is 25.5 Å². The number of aliphatic imine (C=N–C) groups is 1. The molecule has 0 atom stereocenters. The number of aromatic nitrogens is 1. The number of rotatable bonds is 5. The average molecular weight is 445 g/mol. The summed E-state index contributed by atoms with van der Waals surface area (Å²) in [6.45, 7) is 6.01. The van der Waals surface area contributed by atoms with Crippen LogP contribution in [0.25, 0.3) is 0 Å². The van der Waals surface area contributed by atoms with Crippen molar-refractivity contribution in [1.82, 2.24) is 15.6 Å². The highest BCUT2D eigenvalue weighted by Gasteiger charge is 2.18. The third-order valence-electron chi connectivity index (χ3n) is 4.39. The molecule has 2 rings (SSSR count). The average Bonchev–Trinajstić information content (AvgIpc) is 2.55. The highest BCUT2D eigenvalue weighted by atomic mass is 127. The number of hydrogen-bond acceptors (Lipinski definition) is 3. The molecular formula is C18H32IN5. The predicted molar refractivity (Wildman–Crippen MR) is 113 cm³/mol. The summed E-state index contributed by atoms with van der Waals surface area (Å²) in [6, 6.07) is 4.68. The van der Waals surface area contributed by atoms with Gasteiger partial charge in [0.05, 0.1) is 6.54 Å². The molecule has 0 radical (unpaired) electrons. The minimum absolute atomic E-state index is 0. The summed E-state index contributed by atoms with van der Waals surface area (Å²) in [5, 5.41) is 6.96. The van der Waals surface area contributed by atoms with Crippen LogP contribution in [-0.2, 0) is 6.54 Å². The molecule has 1 aromatic rings. The minimum atomic E-state index is 0. The monoisotopic (exact) mass is 445 g/mol. The Hall–Kier alpha value is -1.05. The zero-order chi connectivity index (χ0) is 16.7. The first-order valence-corrected chi connectivity index (χ1v) is 8.75. The van der Waals surface area contributed by atoms with Crippen LogP contribution in [0, 0.1) is 5.92 Å². The SMILES string of the molecule is CCNC(=NCc1ccnc(N(C)C)c1)NC1CCC(C)CC1.I. The Morgan fingerprint density at radius 1 is 1.29 bits per heavy atom. The summed E-state index contributed by atoms with van der Waals surface area (Å²) in [7, 11) is 4.01. The Morgan fingerprint density at radius 3 is 2.62 bits per heavy atom. The second-order valence-corrected chi connectivity index (χ2v) is 6.71. The molecule has 1 aromatic heterocycles. The van der Waals surface area contributed by atoms with E-state index in [2.05, 4.69) is 35.5 Å². The van der Waals surface area contributed by atoms with E-state index in [4.69, 9.17) is 4.99 Å². The van der Waals surface area contributed by atoms with Crippen LogP contribution in [-0.4, -0.2) is 37.6 Å². The standard InChI is InChI=1S/C18H31N5.HI/c1-5-19-18(22-16-8-6-14(2)7-9-16)21-13-15-10-11-20-17(12-15)23(3)4;/h10-12,14,16H,5-9,13H2,1-4H3,(H2,19,21,22);1H. The van der Waals surface area contributed by atoms with Crippen LogP contribution in [0.3, 0.4) is 0 Å². The van der Waals surface area contributed by atoms with Crippen LogP contribution in [0.4, 0.5) is 5.82 Å². The molecule has 0 amide bonds. The summed E-state index contributed by atoms with van der Waals surface area (Å²) in [5.41, 5.74) is 1.18. The predicted octanol–water partition coefficient (Wildman–Crippen LogP) is 3.40. The lowest BCUT2D eigenvalue weighted by Crippen LogP contribution is -2.44. The molecule has 6 heteroatoms. The quantitative estimate of drug-likeness (QED) is 0.415. The number of guanidine groups is 1. The first kappa shape index (κ1) is 21.0. The molecule has 0 bridgehead atoms. The number of halogens is 1. The number of nitrogens with zero attached hydrogens (tertiary/aromatic N) is 3. The highest BCUT2D eigenvalue weighted by molar-refractivity contribution is 14.0. The molecule has 0 spiro atoms. The van der Waals surface area contributed by atoms with Crippen LogP contribution in [0.5, 0.6) is 0 Å². The van der Waals surface area contributed by atoms with E-state index in [0.29, 0.717) is 12.6 Å². The van der Waals surface area contributed by atoms with Crippen molar-refractivity contribution >= 4 is 35.8 Å². The summed E-state index contributed by atoms with van der Waals surface area (Å²) < 4.78 is 0. The molecule has 1 aliphatic carbocycles. The van der Waals surface area contributed by atoms with E-state index in [9.17, 15) is 0 Å². The second kappa shape index (κ2) is 10.7. The maximum atomic E-state index is 4.75. The smallest absolute Gasteiger partial charge is 0.191 e. The maximum absolute atomic E-state index is 4.75. The molecule has 1 aliphatic rings. The van der Waals surface area contributed by atoms with Crippen molar-refractivity contribution in [2.24, 2.45) is 10.9 Å². The lowest BCUT2D eigenvalue weighted by atomic mass is 9.87. The van der Waals surface area contributed by atoms with Crippen molar-refractivity contribution in [3.8, 4) is 0 Å². The Labute approximate surface area is 163 Å². The van der Waals surface area contributed by atoms with Gasteiger partial charge >= 0.3 is 0 Å². The van der Waals surface area contributed by atoms with Crippen molar-refractivity contribution in [1.29, 1.82) is 0 Å². The molecule has 136 valence electrons. The normalized spacial score (nSPS) is 20.9. The van der Waals surface area contributed by atoms with Crippen LogP contribution in [0.1, 0.15) is 45.1 Å². The van der Waals surface area contributed by atoms with Gasteiger partial charge in [-0.15, -0.1) is 24.0 Å². The van der Waals surface area contributed by atoms with Gasteiger partial charge in [-0.05, 0) is 56.2 Å². The van der Waals surface area contributed by atoms with Crippen molar-refractivity contribution in [2.45, 2.75) is 52.1 Å². The van der Waals surface area contributed by atoms with Crippen molar-refractivity contribution in [3.63, 3.8) is 0 Å². The molecule has 5 nitrogen and oxygen atoms in total. The molecule has 0 saturated heterocycles. The van der Waals surface area contributed by atoms with Crippen LogP contribution < -0.4 is 15.5 Å². The molecular weight excluding hydrogens is 413 g/mol. The molecule has 0 aliphatic heterocycles. The minimum Gasteiger partial charge on any atom is -0.363 e. The Bertz CT molecular complexity index is 510. The van der Waals surface area contributed by atoms with Gasteiger partial charge in [0.2, 0.25) is 0 Å². The van der Waals surface area contributed by atoms with Gasteiger partial charge in [-0.3, -0.25) is 0 Å². The fraction of sp³-hybridized carbons (Fsp3) is 0.667. The zero-order valence-electron chi connectivity index (χ0n) is 15.4. The Morgan fingerprint density at radius 2 is 2.00 bits per heavy atom. The van der Waals surface area contributed by atoms with Gasteiger partial charge in [0.1, 0.15) is 5.82 Å². The van der Waals surface area contributed by atoms with Gasteiger partial charge in [0.15, 0.2) is 5.96 Å². The number of pyridine rings is 1. The fourth-order valence-electron chi connectivity index (χ4n) is 2.89. The number of nitrogens with one attached hydrogen (secondary N) is 2. The molecule has 2 N–H and O–H groups in total. The van der Waals surface area contributed by atoms with Crippen LogP contribution in [0.2, 0.25) is 0 Å². The van der Waals surface area contributed by atoms with Gasteiger partial charge in [-0.2, -0.15) is 0 Å². The molecule has 24 heavy (non-hydrogen) atoms. The third kappa shape index (κ3) is 6.83. The first-order chi connectivity index (χ1) is 11.1. The molecule has 1 fully saturated rings. The van der Waals surface area contributed by atoms with Gasteiger partial charge in [0, 0.05) is 32.9 Å². The first-order valence-electron chi connectivity index (χ1n) is 8.75. The summed E-state index contributed by atoms with van der Waals surface area (Å²) in [4.78, 5) is 11.1. The highest BCUT2D eigenvalue weighted by Crippen LogP contribution is 2.23. The van der Waals surface area contributed by atoms with E-state index in [-0.39, 0.29) is 24.0 Å². The van der Waals surface area contributed by atoms with E-state index in [0.717, 1.165) is 24.2 Å². The van der Waals surface area contributed by atoms with Gasteiger partial charge in [0.25, 0.3) is 0 Å². The van der Waals surface area contributed by atoms with Gasteiger partial charge < -0.3 is 15.5 Å². The third-order valence-corrected chi connectivity index (χ3v) is 4.39. The van der Waals surface area contributed by atoms with E-state index in [1.807, 2.05) is 31.3 Å². The van der Waals surface area contributed by atoms with Gasteiger partial charge in [-0.25, -0.2) is 9.98 Å². The summed E-state index contributed by atoms with van der Waals surface area (Å²) >= 11 is 0. The van der Waals surface area contributed by atoms with E-state index < -0.39 is 0 Å². The lowest BCUT2D eigenvalue weighted by molar-refractivity contribution is 0.329. The largest absolute Gasteiger partial charge is 0.363 e. The van der Waals surface area contributed by atoms with E-state index in [1.165, 1.54) is 31.2 Å². The zero-order valence-corrected chi connectivity index (χ0v) is 17.7. The van der Waals surface area contributed by atoms with Gasteiger partial charge in [-0.1, -0.05) is 6.92 Å². The van der Waals surface area contributed by atoms with E-state index >= 15 is 0 Å². The van der Waals surface area contributed by atoms with Crippen molar-refractivity contribution in [3.05, 3.63) is 23.9 Å². The topological polar surface area (TPSA) is 52.6 Å². The second-order valence-electron chi connectivity index (χ2n) is 6.71. The molecule has 0 aromatic carbocycles. The molecule has 1 heterocycles. The molecule has 0 unspecified atom stereocenters. The number of hydrogen-bond donors (Lipinski definition) is 2. The maximum Gasteiger partial charge on any atom is 0.191 e. The summed E-state index contributed by atoms with van der Waals surface area (Å²) in [6.07, 6.45) is 6.96. The Balaban J connectivity index is 0.00000288. The lowest BCUT2D eigenvalue weighted by Gasteiger charge is -2.28. The van der Waals surface area contributed by atoms with Crippen LogP contribution in [0.15, 0.2) is 23.3 Å². The van der Waals surface area contributed by atoms with Crippen molar-refractivity contribution < 1.29 is 0 Å². The number of anilines is 1. The summed E-state index contributed by atoms with van der Waals surface area (Å²) in [5.74, 6) is 2.76. The molecule has 1 saturated carbocycles. The van der Waals surface area contributed by atoms with E-state index in [1.54, 1.807) is 0 Å². The fourth-order valence-corrected chi connectivity index (χ4v) is 2.89.